The highest BCUT2D eigenvalue weighted by Crippen LogP contribution is 2.39. The topological polar surface area (TPSA) is 42.2 Å². The lowest BCUT2D eigenvalue weighted by atomic mass is 9.82. The van der Waals surface area contributed by atoms with Crippen molar-refractivity contribution in [2.24, 2.45) is 11.1 Å². The summed E-state index contributed by atoms with van der Waals surface area (Å²) in [5.41, 5.74) is 7.69. The van der Waals surface area contributed by atoms with Crippen LogP contribution in [0.15, 0.2) is 18.3 Å². The Labute approximate surface area is 110 Å². The van der Waals surface area contributed by atoms with E-state index in [4.69, 9.17) is 5.73 Å². The normalized spacial score (nSPS) is 20.1. The number of hydrogen-bond donors (Lipinski definition) is 1. The predicted octanol–water partition coefficient (Wildman–Crippen LogP) is 3.12. The third-order valence-electron chi connectivity index (χ3n) is 4.55. The zero-order chi connectivity index (χ0) is 13.2. The molecule has 0 amide bonds. The molecule has 0 unspecified atom stereocenters. The van der Waals surface area contributed by atoms with Gasteiger partial charge in [0.2, 0.25) is 0 Å². The van der Waals surface area contributed by atoms with Gasteiger partial charge in [0, 0.05) is 30.9 Å². The molecule has 3 nitrogen and oxygen atoms in total. The monoisotopic (exact) mass is 247 g/mol. The molecule has 2 heterocycles. The van der Waals surface area contributed by atoms with Crippen LogP contribution < -0.4 is 10.6 Å². The second-order valence-corrected chi connectivity index (χ2v) is 5.58. The number of anilines is 1. The maximum absolute atomic E-state index is 6.05. The van der Waals surface area contributed by atoms with Crippen LogP contribution in [0, 0.1) is 5.41 Å². The number of hydrogen-bond acceptors (Lipinski definition) is 3. The second kappa shape index (κ2) is 5.27. The van der Waals surface area contributed by atoms with Crippen LogP contribution in [0.25, 0.3) is 0 Å². The Morgan fingerprint density at radius 1 is 1.44 bits per heavy atom. The summed E-state index contributed by atoms with van der Waals surface area (Å²) in [6.45, 7) is 8.87. The Bertz CT molecular complexity index is 396. The minimum atomic E-state index is 0.0481. The molecule has 1 aliphatic rings. The van der Waals surface area contributed by atoms with Crippen LogP contribution in [-0.2, 0) is 0 Å². The lowest BCUT2D eigenvalue weighted by molar-refractivity contribution is 0.301. The van der Waals surface area contributed by atoms with Crippen molar-refractivity contribution >= 4 is 5.82 Å². The third-order valence-corrected chi connectivity index (χ3v) is 4.55. The van der Waals surface area contributed by atoms with Gasteiger partial charge in [-0.3, -0.25) is 0 Å². The lowest BCUT2D eigenvalue weighted by Gasteiger charge is -2.28. The van der Waals surface area contributed by atoms with E-state index in [0.29, 0.717) is 5.41 Å². The number of rotatable bonds is 4. The van der Waals surface area contributed by atoms with Crippen molar-refractivity contribution < 1.29 is 0 Å². The summed E-state index contributed by atoms with van der Waals surface area (Å²) in [6, 6.07) is 4.13. The molecule has 0 spiro atoms. The van der Waals surface area contributed by atoms with Gasteiger partial charge in [-0.2, -0.15) is 0 Å². The van der Waals surface area contributed by atoms with Crippen molar-refractivity contribution in [2.75, 3.05) is 18.0 Å². The Kier molecular flexibility index (Phi) is 3.91. The van der Waals surface area contributed by atoms with E-state index in [2.05, 4.69) is 29.8 Å². The summed E-state index contributed by atoms with van der Waals surface area (Å²) in [7, 11) is 0. The lowest BCUT2D eigenvalue weighted by Crippen LogP contribution is -2.28. The van der Waals surface area contributed by atoms with Crippen LogP contribution in [0.5, 0.6) is 0 Å². The van der Waals surface area contributed by atoms with Crippen LogP contribution >= 0.6 is 0 Å². The van der Waals surface area contributed by atoms with Crippen molar-refractivity contribution in [1.82, 2.24) is 4.98 Å². The fourth-order valence-electron chi connectivity index (χ4n) is 2.97. The molecule has 18 heavy (non-hydrogen) atoms. The molecule has 0 radical (unpaired) electrons. The molecule has 0 aliphatic carbocycles. The highest BCUT2D eigenvalue weighted by atomic mass is 15.2. The molecule has 0 aromatic carbocycles. The highest BCUT2D eigenvalue weighted by Gasteiger charge is 2.36. The third kappa shape index (κ3) is 2.37. The van der Waals surface area contributed by atoms with E-state index in [-0.39, 0.29) is 6.04 Å². The summed E-state index contributed by atoms with van der Waals surface area (Å²) in [6.07, 6.45) is 5.65. The Hall–Kier alpha value is -1.09. The zero-order valence-corrected chi connectivity index (χ0v) is 11.8. The molecule has 1 saturated heterocycles. The van der Waals surface area contributed by atoms with E-state index in [0.717, 1.165) is 18.9 Å². The number of aromatic nitrogens is 1. The van der Waals surface area contributed by atoms with E-state index in [1.807, 2.05) is 19.2 Å². The molecule has 1 fully saturated rings. The molecular formula is C15H25N3. The Balaban J connectivity index is 2.24. The van der Waals surface area contributed by atoms with Crippen LogP contribution in [0.1, 0.15) is 51.6 Å². The molecule has 0 saturated carbocycles. The van der Waals surface area contributed by atoms with E-state index in [1.54, 1.807) is 0 Å². The number of nitrogens with two attached hydrogens (primary N) is 1. The maximum Gasteiger partial charge on any atom is 0.133 e. The van der Waals surface area contributed by atoms with Crippen LogP contribution in [0.4, 0.5) is 5.82 Å². The minimum absolute atomic E-state index is 0.0481. The first kappa shape index (κ1) is 13.3. The van der Waals surface area contributed by atoms with E-state index in [9.17, 15) is 0 Å². The SMILES string of the molecule is CCC1(CC)CCN(c2ncccc2[C@H](C)N)C1. The fraction of sp³-hybridized carbons (Fsp3) is 0.667. The van der Waals surface area contributed by atoms with Gasteiger partial charge in [-0.25, -0.2) is 4.98 Å². The molecule has 3 heteroatoms. The first-order chi connectivity index (χ1) is 8.62. The van der Waals surface area contributed by atoms with Gasteiger partial charge in [-0.05, 0) is 37.7 Å². The van der Waals surface area contributed by atoms with Gasteiger partial charge in [0.15, 0.2) is 0 Å². The van der Waals surface area contributed by atoms with Crippen molar-refractivity contribution in [3.63, 3.8) is 0 Å². The number of nitrogens with zero attached hydrogens (tertiary/aromatic N) is 2. The van der Waals surface area contributed by atoms with Gasteiger partial charge < -0.3 is 10.6 Å². The predicted molar refractivity (Wildman–Crippen MR) is 76.7 cm³/mol. The minimum Gasteiger partial charge on any atom is -0.356 e. The molecule has 100 valence electrons. The van der Waals surface area contributed by atoms with E-state index >= 15 is 0 Å². The number of pyridine rings is 1. The van der Waals surface area contributed by atoms with Crippen LogP contribution in [0.3, 0.4) is 0 Å². The first-order valence-corrected chi connectivity index (χ1v) is 7.07. The van der Waals surface area contributed by atoms with Gasteiger partial charge in [-0.1, -0.05) is 19.9 Å². The Morgan fingerprint density at radius 2 is 2.17 bits per heavy atom. The molecular weight excluding hydrogens is 222 g/mol. The van der Waals surface area contributed by atoms with E-state index < -0.39 is 0 Å². The largest absolute Gasteiger partial charge is 0.356 e. The van der Waals surface area contributed by atoms with E-state index in [1.165, 1.54) is 24.8 Å². The summed E-state index contributed by atoms with van der Waals surface area (Å²) in [5, 5.41) is 0. The molecule has 1 atom stereocenters. The van der Waals surface area contributed by atoms with Crippen molar-refractivity contribution in [2.45, 2.75) is 46.1 Å². The summed E-state index contributed by atoms with van der Waals surface area (Å²) >= 11 is 0. The quantitative estimate of drug-likeness (QED) is 0.889. The molecule has 1 aromatic heterocycles. The second-order valence-electron chi connectivity index (χ2n) is 5.58. The van der Waals surface area contributed by atoms with Gasteiger partial charge >= 0.3 is 0 Å². The van der Waals surface area contributed by atoms with Gasteiger partial charge in [0.05, 0.1) is 0 Å². The maximum atomic E-state index is 6.05. The van der Waals surface area contributed by atoms with Crippen molar-refractivity contribution in [3.8, 4) is 0 Å². The smallest absolute Gasteiger partial charge is 0.133 e. The fourth-order valence-corrected chi connectivity index (χ4v) is 2.97. The standard InChI is InChI=1S/C15H25N3/c1-4-15(5-2)8-10-18(11-15)14-13(12(3)16)7-6-9-17-14/h6-7,9,12H,4-5,8,10-11,16H2,1-3H3/t12-/m0/s1. The molecule has 1 aliphatic heterocycles. The zero-order valence-electron chi connectivity index (χ0n) is 11.8. The molecule has 0 bridgehead atoms. The molecule has 1 aromatic rings. The summed E-state index contributed by atoms with van der Waals surface area (Å²) < 4.78 is 0. The van der Waals surface area contributed by atoms with Crippen molar-refractivity contribution in [3.05, 3.63) is 23.9 Å². The van der Waals surface area contributed by atoms with Gasteiger partial charge in [0.25, 0.3) is 0 Å². The highest BCUT2D eigenvalue weighted by molar-refractivity contribution is 5.49. The Morgan fingerprint density at radius 3 is 2.72 bits per heavy atom. The van der Waals surface area contributed by atoms with Gasteiger partial charge in [0.1, 0.15) is 5.82 Å². The average molecular weight is 247 g/mol. The molecule has 2 rings (SSSR count). The summed E-state index contributed by atoms with van der Waals surface area (Å²) in [5.74, 6) is 1.09. The van der Waals surface area contributed by atoms with Gasteiger partial charge in [-0.15, -0.1) is 0 Å². The van der Waals surface area contributed by atoms with Crippen LogP contribution in [0.2, 0.25) is 0 Å². The van der Waals surface area contributed by atoms with Crippen LogP contribution in [-0.4, -0.2) is 18.1 Å². The first-order valence-electron chi connectivity index (χ1n) is 7.07. The summed E-state index contributed by atoms with van der Waals surface area (Å²) in [4.78, 5) is 6.98. The molecule has 2 N–H and O–H groups in total. The average Bonchev–Trinajstić information content (AvgIpc) is 2.83. The van der Waals surface area contributed by atoms with Crippen molar-refractivity contribution in [1.29, 1.82) is 0 Å².